The lowest BCUT2D eigenvalue weighted by Gasteiger charge is -2.60. The predicted molar refractivity (Wildman–Crippen MR) is 86.9 cm³/mol. The zero-order chi connectivity index (χ0) is 14.8. The topological polar surface area (TPSA) is 20.2 Å². The first kappa shape index (κ1) is 14.5. The van der Waals surface area contributed by atoms with Crippen LogP contribution in [0.4, 0.5) is 0 Å². The maximum Gasteiger partial charge on any atom is 0.0622 e. The van der Waals surface area contributed by atoms with Crippen molar-refractivity contribution >= 4 is 0 Å². The summed E-state index contributed by atoms with van der Waals surface area (Å²) in [5.74, 6) is 4.23. The third-order valence-corrected chi connectivity index (χ3v) is 8.86. The van der Waals surface area contributed by atoms with Crippen LogP contribution in [0.1, 0.15) is 78.6 Å². The van der Waals surface area contributed by atoms with E-state index in [0.717, 1.165) is 23.7 Å². The fourth-order valence-electron chi connectivity index (χ4n) is 7.63. The van der Waals surface area contributed by atoms with Crippen molar-refractivity contribution in [1.82, 2.24) is 0 Å². The highest BCUT2D eigenvalue weighted by atomic mass is 16.3. The highest BCUT2D eigenvalue weighted by Gasteiger charge is 2.60. The van der Waals surface area contributed by atoms with E-state index in [4.69, 9.17) is 0 Å². The highest BCUT2D eigenvalue weighted by Crippen LogP contribution is 2.66. The lowest BCUT2D eigenvalue weighted by molar-refractivity contribution is -0.121. The average molecular weight is 290 g/mol. The molecule has 0 aliphatic heterocycles. The first-order chi connectivity index (χ1) is 9.97. The molecule has 4 rings (SSSR count). The molecule has 4 saturated carbocycles. The zero-order valence-corrected chi connectivity index (χ0v) is 14.3. The smallest absolute Gasteiger partial charge is 0.0622 e. The zero-order valence-electron chi connectivity index (χ0n) is 14.3. The van der Waals surface area contributed by atoms with Gasteiger partial charge in [0.25, 0.3) is 0 Å². The Morgan fingerprint density at radius 3 is 2.48 bits per heavy atom. The van der Waals surface area contributed by atoms with E-state index in [1.807, 2.05) is 0 Å². The summed E-state index contributed by atoms with van der Waals surface area (Å²) in [6, 6.07) is 0. The van der Waals surface area contributed by atoms with Crippen LogP contribution in [0.5, 0.6) is 0 Å². The molecule has 0 radical (unpaired) electrons. The van der Waals surface area contributed by atoms with Gasteiger partial charge in [0.15, 0.2) is 0 Å². The molecular weight excluding hydrogens is 256 g/mol. The first-order valence-electron chi connectivity index (χ1n) is 9.65. The summed E-state index contributed by atoms with van der Waals surface area (Å²) < 4.78 is 0. The molecule has 0 unspecified atom stereocenters. The fraction of sp³-hybridized carbons (Fsp3) is 1.00. The number of aliphatic hydroxyl groups is 1. The Balaban J connectivity index is 1.65. The van der Waals surface area contributed by atoms with Gasteiger partial charge in [-0.05, 0) is 85.4 Å². The van der Waals surface area contributed by atoms with Gasteiger partial charge in [0.2, 0.25) is 0 Å². The van der Waals surface area contributed by atoms with Crippen LogP contribution in [0.15, 0.2) is 0 Å². The van der Waals surface area contributed by atoms with Crippen LogP contribution in [0.2, 0.25) is 0 Å². The second kappa shape index (κ2) is 4.73. The van der Waals surface area contributed by atoms with Crippen molar-refractivity contribution in [3.05, 3.63) is 0 Å². The number of fused-ring (bicyclic) bond motifs is 5. The van der Waals surface area contributed by atoms with E-state index in [1.54, 1.807) is 0 Å². The Kier molecular flexibility index (Phi) is 3.27. The Bertz CT molecular complexity index is 418. The molecule has 0 aromatic rings. The highest BCUT2D eigenvalue weighted by molar-refractivity contribution is 5.10. The molecule has 0 saturated heterocycles. The van der Waals surface area contributed by atoms with Gasteiger partial charge in [-0.2, -0.15) is 0 Å². The number of aliphatic hydroxyl groups excluding tert-OH is 1. The summed E-state index contributed by atoms with van der Waals surface area (Å²) in [5.41, 5.74) is 0.873. The summed E-state index contributed by atoms with van der Waals surface area (Å²) in [6.07, 6.45) is 12.8. The Hall–Kier alpha value is -0.0400. The monoisotopic (exact) mass is 290 g/mol. The standard InChI is InChI=1S/C20H34O/c1-13-12-17-15-8-7-14-6-4-5-10-19(14,2)16(15)9-11-20(17,3)18(13)21/h13-18,21H,4-12H2,1-3H3/t13-,14+,15+,16-,17-,18+,19-,20-/m0/s1. The SMILES string of the molecule is C[C@H]1C[C@H]2[C@@H]3CC[C@H]4CCCC[C@]4(C)[C@H]3CC[C@]2(C)[C@@H]1O. The van der Waals surface area contributed by atoms with E-state index in [-0.39, 0.29) is 11.5 Å². The van der Waals surface area contributed by atoms with E-state index < -0.39 is 0 Å². The lowest BCUT2D eigenvalue weighted by Crippen LogP contribution is -2.53. The van der Waals surface area contributed by atoms with Crippen LogP contribution in [-0.2, 0) is 0 Å². The van der Waals surface area contributed by atoms with Gasteiger partial charge in [-0.3, -0.25) is 0 Å². The molecule has 0 spiro atoms. The van der Waals surface area contributed by atoms with Crippen LogP contribution < -0.4 is 0 Å². The molecule has 0 heterocycles. The van der Waals surface area contributed by atoms with Gasteiger partial charge < -0.3 is 5.11 Å². The first-order valence-corrected chi connectivity index (χ1v) is 9.65. The van der Waals surface area contributed by atoms with Crippen molar-refractivity contribution in [1.29, 1.82) is 0 Å². The molecule has 120 valence electrons. The molecule has 1 nitrogen and oxygen atoms in total. The quantitative estimate of drug-likeness (QED) is 0.663. The van der Waals surface area contributed by atoms with Crippen molar-refractivity contribution < 1.29 is 5.11 Å². The molecule has 4 aliphatic rings. The minimum absolute atomic E-state index is 0.0414. The van der Waals surface area contributed by atoms with E-state index >= 15 is 0 Å². The second-order valence-corrected chi connectivity index (χ2v) is 9.61. The molecular formula is C20H34O. The van der Waals surface area contributed by atoms with Gasteiger partial charge in [-0.15, -0.1) is 0 Å². The Morgan fingerprint density at radius 1 is 0.857 bits per heavy atom. The lowest BCUT2D eigenvalue weighted by atomic mass is 9.45. The largest absolute Gasteiger partial charge is 0.392 e. The summed E-state index contributed by atoms with van der Waals surface area (Å²) in [5, 5.41) is 10.7. The summed E-state index contributed by atoms with van der Waals surface area (Å²) in [6.45, 7) is 7.35. The normalized spacial score (nSPS) is 60.0. The maximum atomic E-state index is 10.7. The van der Waals surface area contributed by atoms with Crippen molar-refractivity contribution in [3.63, 3.8) is 0 Å². The molecule has 0 aromatic carbocycles. The number of hydrogen-bond acceptors (Lipinski definition) is 1. The third kappa shape index (κ3) is 1.85. The number of rotatable bonds is 0. The molecule has 21 heavy (non-hydrogen) atoms. The maximum absolute atomic E-state index is 10.7. The molecule has 4 fully saturated rings. The van der Waals surface area contributed by atoms with Crippen molar-refractivity contribution in [2.75, 3.05) is 0 Å². The molecule has 0 amide bonds. The average Bonchev–Trinajstić information content (AvgIpc) is 2.70. The van der Waals surface area contributed by atoms with Crippen molar-refractivity contribution in [3.8, 4) is 0 Å². The number of hydrogen-bond donors (Lipinski definition) is 1. The van der Waals surface area contributed by atoms with E-state index in [2.05, 4.69) is 20.8 Å². The molecule has 1 N–H and O–H groups in total. The van der Waals surface area contributed by atoms with Crippen LogP contribution in [0.3, 0.4) is 0 Å². The van der Waals surface area contributed by atoms with Gasteiger partial charge >= 0.3 is 0 Å². The van der Waals surface area contributed by atoms with Crippen LogP contribution in [0, 0.1) is 40.4 Å². The molecule has 4 aliphatic carbocycles. The van der Waals surface area contributed by atoms with Crippen molar-refractivity contribution in [2.24, 2.45) is 40.4 Å². The van der Waals surface area contributed by atoms with Crippen LogP contribution >= 0.6 is 0 Å². The van der Waals surface area contributed by atoms with E-state index in [1.165, 1.54) is 57.8 Å². The fourth-order valence-corrected chi connectivity index (χ4v) is 7.63. The van der Waals surface area contributed by atoms with Crippen molar-refractivity contribution in [2.45, 2.75) is 84.7 Å². The van der Waals surface area contributed by atoms with Crippen LogP contribution in [0.25, 0.3) is 0 Å². The predicted octanol–water partition coefficient (Wildman–Crippen LogP) is 5.03. The molecule has 8 atom stereocenters. The summed E-state index contributed by atoms with van der Waals surface area (Å²) in [4.78, 5) is 0. The van der Waals surface area contributed by atoms with E-state index in [9.17, 15) is 5.11 Å². The Morgan fingerprint density at radius 2 is 1.67 bits per heavy atom. The minimum atomic E-state index is -0.0414. The van der Waals surface area contributed by atoms with Crippen LogP contribution in [-0.4, -0.2) is 11.2 Å². The van der Waals surface area contributed by atoms with Gasteiger partial charge in [-0.25, -0.2) is 0 Å². The van der Waals surface area contributed by atoms with Gasteiger partial charge in [0.1, 0.15) is 0 Å². The second-order valence-electron chi connectivity index (χ2n) is 9.61. The van der Waals surface area contributed by atoms with E-state index in [0.29, 0.717) is 11.3 Å². The summed E-state index contributed by atoms with van der Waals surface area (Å²) >= 11 is 0. The third-order valence-electron chi connectivity index (χ3n) is 8.86. The Labute approximate surface area is 130 Å². The molecule has 0 bridgehead atoms. The molecule has 0 aromatic heterocycles. The van der Waals surface area contributed by atoms with Gasteiger partial charge in [-0.1, -0.05) is 33.6 Å². The summed E-state index contributed by atoms with van der Waals surface area (Å²) in [7, 11) is 0. The van der Waals surface area contributed by atoms with Gasteiger partial charge in [0, 0.05) is 0 Å². The van der Waals surface area contributed by atoms with Gasteiger partial charge in [0.05, 0.1) is 6.10 Å². The molecule has 1 heteroatoms. The minimum Gasteiger partial charge on any atom is -0.392 e.